The molecular formula is C58H72O33. The molecule has 0 saturated carbocycles. The Morgan fingerprint density at radius 1 is 0.516 bits per heavy atom. The highest BCUT2D eigenvalue weighted by Crippen LogP contribution is 2.43. The van der Waals surface area contributed by atoms with Crippen LogP contribution in [0, 0.1) is 0 Å². The number of aromatic hydroxyl groups is 2. The van der Waals surface area contributed by atoms with Crippen LogP contribution in [0.15, 0.2) is 84.9 Å². The quantitative estimate of drug-likeness (QED) is 0.0226. The number of rotatable bonds is 24. The van der Waals surface area contributed by atoms with Crippen molar-refractivity contribution in [1.82, 2.24) is 0 Å². The SMILES string of the molecule is COc1cc(C=CC(=O)O[C@@H]2[C@H](O[C@H]3O[C@@H](COC(C)=O)[C@H](O)[C@H](O[C@H]4O[C@H](CO)[C@H](O)[C@H](O)[C@H]4O)[C@H]3O)[C@H](O[C@H]3O[C@@H](CO)[C@H](O)[C@H](O)[C@H]3O)[C@H](O[C@@]3(COC(=O)C=Cc4ccc(O)cc4)O[C@@H](CO)[C@@H](O)[C@@H]3OC(=O)c3ccccc3)O[C@@H]2CO)ccc1O. The molecule has 5 aliphatic heterocycles. The van der Waals surface area contributed by atoms with Gasteiger partial charge < -0.3 is 143 Å². The van der Waals surface area contributed by atoms with Crippen molar-refractivity contribution in [2.75, 3.05) is 46.8 Å². The van der Waals surface area contributed by atoms with Crippen LogP contribution in [-0.4, -0.2) is 294 Å². The summed E-state index contributed by atoms with van der Waals surface area (Å²) < 4.78 is 82.8. The van der Waals surface area contributed by atoms with Crippen molar-refractivity contribution >= 4 is 36.0 Å². The molecule has 0 radical (unpaired) electrons. The molecule has 24 atom stereocenters. The molecule has 91 heavy (non-hydrogen) atoms. The number of aliphatic hydroxyl groups is 13. The molecule has 0 amide bonds. The van der Waals surface area contributed by atoms with Crippen LogP contribution in [0.3, 0.4) is 0 Å². The molecule has 502 valence electrons. The topological polar surface area (TPSA) is 501 Å². The van der Waals surface area contributed by atoms with E-state index in [1.165, 1.54) is 86.0 Å². The van der Waals surface area contributed by atoms with Gasteiger partial charge in [0.1, 0.15) is 123 Å². The first-order chi connectivity index (χ1) is 43.4. The predicted molar refractivity (Wildman–Crippen MR) is 294 cm³/mol. The van der Waals surface area contributed by atoms with Gasteiger partial charge in [-0.2, -0.15) is 0 Å². The Kier molecular flexibility index (Phi) is 24.3. The lowest BCUT2D eigenvalue weighted by molar-refractivity contribution is -0.423. The van der Waals surface area contributed by atoms with Crippen molar-refractivity contribution in [3.05, 3.63) is 102 Å². The van der Waals surface area contributed by atoms with E-state index in [1.54, 1.807) is 6.07 Å². The highest BCUT2D eigenvalue weighted by molar-refractivity contribution is 5.90. The number of carbonyl (C=O) groups is 4. The smallest absolute Gasteiger partial charge is 0.338 e. The summed E-state index contributed by atoms with van der Waals surface area (Å²) in [6.45, 7) is -5.58. The first-order valence-electron chi connectivity index (χ1n) is 28.2. The zero-order chi connectivity index (χ0) is 66.0. The molecule has 33 nitrogen and oxygen atoms in total. The molecule has 5 heterocycles. The van der Waals surface area contributed by atoms with Crippen molar-refractivity contribution in [3.8, 4) is 17.2 Å². The lowest BCUT2D eigenvalue weighted by atomic mass is 9.95. The molecule has 5 fully saturated rings. The Balaban J connectivity index is 1.28. The molecule has 5 aliphatic rings. The van der Waals surface area contributed by atoms with Crippen LogP contribution in [0.4, 0.5) is 0 Å². The summed E-state index contributed by atoms with van der Waals surface area (Å²) in [6, 6.07) is 16.5. The van der Waals surface area contributed by atoms with Gasteiger partial charge in [0, 0.05) is 19.1 Å². The molecule has 5 saturated heterocycles. The van der Waals surface area contributed by atoms with Crippen molar-refractivity contribution in [1.29, 1.82) is 0 Å². The van der Waals surface area contributed by atoms with Gasteiger partial charge in [0.15, 0.2) is 48.9 Å². The fraction of sp³-hybridized carbons (Fsp3) is 0.552. The van der Waals surface area contributed by atoms with Gasteiger partial charge in [-0.05, 0) is 59.7 Å². The molecule has 0 aromatic heterocycles. The second kappa shape index (κ2) is 31.4. The normalized spacial score (nSPS) is 36.8. The summed E-state index contributed by atoms with van der Waals surface area (Å²) >= 11 is 0. The van der Waals surface area contributed by atoms with Crippen LogP contribution in [0.2, 0.25) is 0 Å². The molecule has 0 unspecified atom stereocenters. The van der Waals surface area contributed by atoms with E-state index in [9.17, 15) is 95.8 Å². The van der Waals surface area contributed by atoms with Crippen LogP contribution >= 0.6 is 0 Å². The molecule has 15 N–H and O–H groups in total. The molecule has 0 bridgehead atoms. The lowest BCUT2D eigenvalue weighted by Gasteiger charge is -2.51. The van der Waals surface area contributed by atoms with Crippen LogP contribution in [0.1, 0.15) is 28.4 Å². The minimum Gasteiger partial charge on any atom is -0.508 e. The van der Waals surface area contributed by atoms with E-state index in [1.807, 2.05) is 0 Å². The van der Waals surface area contributed by atoms with Crippen LogP contribution < -0.4 is 4.74 Å². The van der Waals surface area contributed by atoms with Gasteiger partial charge >= 0.3 is 23.9 Å². The third kappa shape index (κ3) is 16.5. The number of esters is 4. The van der Waals surface area contributed by atoms with Crippen molar-refractivity contribution in [2.24, 2.45) is 0 Å². The molecule has 0 spiro atoms. The number of hydrogen-bond acceptors (Lipinski definition) is 33. The van der Waals surface area contributed by atoms with Crippen LogP contribution in [0.25, 0.3) is 12.2 Å². The zero-order valence-electron chi connectivity index (χ0n) is 48.3. The number of ether oxygens (including phenoxy) is 14. The van der Waals surface area contributed by atoms with E-state index >= 15 is 0 Å². The summed E-state index contributed by atoms with van der Waals surface area (Å²) in [7, 11) is 1.25. The van der Waals surface area contributed by atoms with Gasteiger partial charge in [0.25, 0.3) is 0 Å². The molecule has 33 heteroatoms. The van der Waals surface area contributed by atoms with Crippen molar-refractivity contribution in [3.63, 3.8) is 0 Å². The van der Waals surface area contributed by atoms with Crippen molar-refractivity contribution in [2.45, 2.75) is 154 Å². The van der Waals surface area contributed by atoms with Gasteiger partial charge in [0.05, 0.1) is 39.1 Å². The number of aliphatic hydroxyl groups excluding tert-OH is 13. The summed E-state index contributed by atoms with van der Waals surface area (Å²) in [5.74, 6) is -8.05. The number of phenols is 2. The summed E-state index contributed by atoms with van der Waals surface area (Å²) in [5, 5.41) is 164. The van der Waals surface area contributed by atoms with E-state index in [4.69, 9.17) is 66.3 Å². The average Bonchev–Trinajstić information content (AvgIpc) is 1.77. The van der Waals surface area contributed by atoms with Crippen LogP contribution in [0.5, 0.6) is 17.2 Å². The maximum Gasteiger partial charge on any atom is 0.338 e. The lowest BCUT2D eigenvalue weighted by Crippen LogP contribution is -2.69. The van der Waals surface area contributed by atoms with Gasteiger partial charge in [-0.3, -0.25) is 4.79 Å². The Labute approximate surface area is 516 Å². The number of benzene rings is 3. The fourth-order valence-corrected chi connectivity index (χ4v) is 10.4. The first kappa shape index (κ1) is 70.4. The summed E-state index contributed by atoms with van der Waals surface area (Å²) in [6.07, 6.45) is -45.3. The molecule has 3 aromatic rings. The largest absolute Gasteiger partial charge is 0.508 e. The fourth-order valence-electron chi connectivity index (χ4n) is 10.4. The zero-order valence-corrected chi connectivity index (χ0v) is 48.3. The number of methoxy groups -OCH3 is 1. The molecular weight excluding hydrogens is 1220 g/mol. The van der Waals surface area contributed by atoms with E-state index < -0.39 is 210 Å². The Hall–Kier alpha value is -6.46. The first-order valence-corrected chi connectivity index (χ1v) is 28.2. The van der Waals surface area contributed by atoms with Gasteiger partial charge in [-0.15, -0.1) is 0 Å². The van der Waals surface area contributed by atoms with E-state index in [0.29, 0.717) is 5.56 Å². The number of carbonyl (C=O) groups excluding carboxylic acids is 4. The third-order valence-electron chi connectivity index (χ3n) is 15.2. The van der Waals surface area contributed by atoms with Crippen LogP contribution in [-0.2, 0) is 76.0 Å². The number of phenolic OH excluding ortho intramolecular Hbond substituents is 2. The third-order valence-corrected chi connectivity index (χ3v) is 15.2. The van der Waals surface area contributed by atoms with Gasteiger partial charge in [-0.25, -0.2) is 14.4 Å². The minimum atomic E-state index is -2.98. The Bertz CT molecular complexity index is 2930. The second-order valence-electron chi connectivity index (χ2n) is 21.4. The summed E-state index contributed by atoms with van der Waals surface area (Å²) in [5.41, 5.74) is 0.448. The second-order valence-corrected chi connectivity index (χ2v) is 21.4. The predicted octanol–water partition coefficient (Wildman–Crippen LogP) is -5.54. The van der Waals surface area contributed by atoms with Crippen molar-refractivity contribution < 1.29 is 162 Å². The van der Waals surface area contributed by atoms with E-state index in [-0.39, 0.29) is 28.4 Å². The maximum absolute atomic E-state index is 14.2. The average molecular weight is 1300 g/mol. The molecule has 3 aromatic carbocycles. The monoisotopic (exact) mass is 1300 g/mol. The Morgan fingerprint density at radius 2 is 1.05 bits per heavy atom. The standard InChI is InChI=1S/C58H72O33/c1-25(63)79-23-36-41(70)49(86-54-45(74)43(72)39(68)32(19-59)81-54)47(76)56(84-36)87-50-48(85-38(67)17-12-27-10-15-30(65)31(18-27)78-2)35(22-62)83-57(51(50)88-55-46(75)44(73)40(69)33(20-60)82-55)91-58(24-80-37(66)16-11-26-8-13-29(64)14-9-26)52(42(71)34(21-61)90-58)89-53(77)28-6-4-3-5-7-28/h3-18,32-36,39-52,54-57,59-62,64-65,68-76H,19-24H2,1-2H3/t32-,33+,34+,35-,36+,39+,40+,41+,42-,43+,44+,45-,46-,47-,48+,49+,50+,51+,52+,54-,55-,56-,57+,58-/m1/s1. The molecule has 8 rings (SSSR count). The highest BCUT2D eigenvalue weighted by atomic mass is 16.8. The highest BCUT2D eigenvalue weighted by Gasteiger charge is 2.64. The number of hydrogen-bond donors (Lipinski definition) is 15. The summed E-state index contributed by atoms with van der Waals surface area (Å²) in [4.78, 5) is 54.3. The minimum absolute atomic E-state index is 0.0274. The maximum atomic E-state index is 14.2. The van der Waals surface area contributed by atoms with E-state index in [2.05, 4.69) is 0 Å². The Morgan fingerprint density at radius 3 is 1.65 bits per heavy atom. The van der Waals surface area contributed by atoms with Gasteiger partial charge in [-0.1, -0.05) is 36.4 Å². The van der Waals surface area contributed by atoms with Gasteiger partial charge in [0.2, 0.25) is 5.79 Å². The molecule has 0 aliphatic carbocycles. The van der Waals surface area contributed by atoms with E-state index in [0.717, 1.165) is 19.1 Å².